The van der Waals surface area contributed by atoms with Gasteiger partial charge in [-0.15, -0.1) is 0 Å². The van der Waals surface area contributed by atoms with E-state index >= 15 is 0 Å². The molecule has 7 rings (SSSR count). The minimum Gasteiger partial charge on any atom is -0.444 e. The average molecular weight is 803 g/mol. The molecule has 0 bridgehead atoms. The third-order valence-corrected chi connectivity index (χ3v) is 14.0. The third kappa shape index (κ3) is 11.5. The fraction of sp³-hybridized carbons (Fsp3) is 0.932. The van der Waals surface area contributed by atoms with Crippen molar-refractivity contribution < 1.29 is 23.9 Å². The van der Waals surface area contributed by atoms with E-state index in [2.05, 4.69) is 39.2 Å². The molecule has 5 aliphatic heterocycles. The highest BCUT2D eigenvalue weighted by Crippen LogP contribution is 2.36. The van der Waals surface area contributed by atoms with Crippen molar-refractivity contribution in [3.8, 4) is 0 Å². The number of rotatable bonds is 5. The van der Waals surface area contributed by atoms with Crippen LogP contribution in [-0.4, -0.2) is 154 Å². The Morgan fingerprint density at radius 3 is 1.68 bits per heavy atom. The number of nitrogens with two attached hydrogens (primary N) is 1. The number of carbonyl (C=O) groups is 3. The summed E-state index contributed by atoms with van der Waals surface area (Å²) in [5, 5.41) is 7.08. The summed E-state index contributed by atoms with van der Waals surface area (Å²) in [4.78, 5) is 48.5. The summed E-state index contributed by atoms with van der Waals surface area (Å²) in [5.74, 6) is 0. The smallest absolute Gasteiger partial charge is 0.410 e. The SMILES string of the molecule is C.CC(C)(C)OC(=O)N1CCC(C)(N2CCC(N3C(=O)N[C@H]4CCCC[C@@H]43)CC2)C1.CC(C)(C)OC(=O)N1CCC(C)(N2CCC(N[C@H]3CCCC[C@@H]3N)CC2)C1. The topological polar surface area (TPSA) is 136 Å². The first kappa shape index (κ1) is 45.7. The average Bonchev–Trinajstić information content (AvgIpc) is 3.84. The van der Waals surface area contributed by atoms with Crippen molar-refractivity contribution in [2.45, 2.75) is 211 Å². The van der Waals surface area contributed by atoms with Crippen molar-refractivity contribution in [3.63, 3.8) is 0 Å². The van der Waals surface area contributed by atoms with Crippen molar-refractivity contribution in [3.05, 3.63) is 0 Å². The molecule has 0 spiro atoms. The van der Waals surface area contributed by atoms with E-state index in [-0.39, 0.29) is 36.7 Å². The van der Waals surface area contributed by atoms with Gasteiger partial charge >= 0.3 is 18.2 Å². The zero-order valence-electron chi connectivity index (χ0n) is 36.4. The Balaban J connectivity index is 0.000000214. The monoisotopic (exact) mass is 803 g/mol. The van der Waals surface area contributed by atoms with Gasteiger partial charge in [-0.3, -0.25) is 9.80 Å². The van der Waals surface area contributed by atoms with Gasteiger partial charge in [0, 0.05) is 87.6 Å². The Hall–Kier alpha value is -2.35. The van der Waals surface area contributed by atoms with E-state index in [9.17, 15) is 14.4 Å². The number of fused-ring (bicyclic) bond motifs is 1. The molecule has 5 saturated heterocycles. The van der Waals surface area contributed by atoms with Gasteiger partial charge in [0.2, 0.25) is 0 Å². The maximum Gasteiger partial charge on any atom is 0.410 e. The number of hydrogen-bond donors (Lipinski definition) is 3. The molecule has 4 N–H and O–H groups in total. The highest BCUT2D eigenvalue weighted by atomic mass is 16.6. The van der Waals surface area contributed by atoms with Crippen LogP contribution in [0.15, 0.2) is 0 Å². The molecule has 13 heteroatoms. The molecule has 328 valence electrons. The molecule has 2 aliphatic carbocycles. The molecular formula is C44H82N8O5. The molecule has 0 aromatic carbocycles. The van der Waals surface area contributed by atoms with Crippen LogP contribution in [0.4, 0.5) is 14.4 Å². The van der Waals surface area contributed by atoms with Gasteiger partial charge in [-0.1, -0.05) is 33.1 Å². The van der Waals surface area contributed by atoms with Crippen molar-refractivity contribution in [1.82, 2.24) is 35.1 Å². The van der Waals surface area contributed by atoms with Gasteiger partial charge in [-0.2, -0.15) is 0 Å². The van der Waals surface area contributed by atoms with Gasteiger partial charge in [-0.05, 0) is 120 Å². The minimum absolute atomic E-state index is 0. The molecule has 0 radical (unpaired) electrons. The largest absolute Gasteiger partial charge is 0.444 e. The Morgan fingerprint density at radius 1 is 0.702 bits per heavy atom. The van der Waals surface area contributed by atoms with Crippen LogP contribution in [0, 0.1) is 0 Å². The number of nitrogens with zero attached hydrogens (tertiary/aromatic N) is 5. The van der Waals surface area contributed by atoms with Crippen LogP contribution in [0.2, 0.25) is 0 Å². The number of piperidine rings is 2. The van der Waals surface area contributed by atoms with Gasteiger partial charge < -0.3 is 40.5 Å². The summed E-state index contributed by atoms with van der Waals surface area (Å²) < 4.78 is 11.1. The van der Waals surface area contributed by atoms with Crippen LogP contribution in [-0.2, 0) is 9.47 Å². The van der Waals surface area contributed by atoms with E-state index in [1.54, 1.807) is 0 Å². The molecule has 7 aliphatic rings. The summed E-state index contributed by atoms with van der Waals surface area (Å²) in [6.07, 6.45) is 15.8. The van der Waals surface area contributed by atoms with Crippen LogP contribution in [0.1, 0.15) is 153 Å². The lowest BCUT2D eigenvalue weighted by Crippen LogP contribution is -2.57. The molecule has 0 aromatic heterocycles. The van der Waals surface area contributed by atoms with Crippen molar-refractivity contribution in [1.29, 1.82) is 0 Å². The number of carbonyl (C=O) groups excluding carboxylic acids is 3. The standard InChI is InChI=1S/C22H38N4O3.C21H40N4O2.CH4/c1-21(2,3)29-20(28)24-14-11-22(4,15-24)25-12-9-16(10-13-25)26-18-8-6-5-7-17(18)23-19(26)27;1-20(2,3)27-19(26)24-14-11-21(4,15-24)25-12-9-16(10-13-25)23-18-8-6-5-7-17(18)22;/h16-18H,5-15H2,1-4H3,(H,23,27);16-18,23H,5-15,22H2,1-4H3;1H4/t17-,18-,22?;17-,18-,21?;/m00./s1. The van der Waals surface area contributed by atoms with E-state index in [1.165, 1.54) is 44.9 Å². The summed E-state index contributed by atoms with van der Waals surface area (Å²) in [7, 11) is 0. The Labute approximate surface area is 345 Å². The molecule has 0 aromatic rings. The van der Waals surface area contributed by atoms with Crippen LogP contribution >= 0.6 is 0 Å². The van der Waals surface area contributed by atoms with Crippen molar-refractivity contribution >= 4 is 18.2 Å². The lowest BCUT2D eigenvalue weighted by atomic mass is 9.88. The van der Waals surface area contributed by atoms with Crippen LogP contribution in [0.25, 0.3) is 0 Å². The van der Waals surface area contributed by atoms with E-state index in [0.29, 0.717) is 36.3 Å². The number of ether oxygens (including phenoxy) is 2. The summed E-state index contributed by atoms with van der Waals surface area (Å²) in [6, 6.07) is 2.69. The fourth-order valence-corrected chi connectivity index (χ4v) is 10.7. The number of urea groups is 1. The Bertz CT molecular complexity index is 1350. The van der Waals surface area contributed by atoms with Crippen LogP contribution < -0.4 is 16.4 Å². The van der Waals surface area contributed by atoms with E-state index in [4.69, 9.17) is 15.2 Å². The zero-order chi connectivity index (χ0) is 40.5. The summed E-state index contributed by atoms with van der Waals surface area (Å²) in [6.45, 7) is 23.3. The molecular weight excluding hydrogens is 721 g/mol. The highest BCUT2D eigenvalue weighted by Gasteiger charge is 2.48. The van der Waals surface area contributed by atoms with E-state index in [0.717, 1.165) is 97.3 Å². The first-order valence-electron chi connectivity index (χ1n) is 22.4. The van der Waals surface area contributed by atoms with E-state index < -0.39 is 11.2 Å². The predicted molar refractivity (Wildman–Crippen MR) is 227 cm³/mol. The van der Waals surface area contributed by atoms with E-state index in [1.807, 2.05) is 51.3 Å². The minimum atomic E-state index is -0.457. The maximum absolute atomic E-state index is 12.6. The van der Waals surface area contributed by atoms with Gasteiger partial charge in [0.25, 0.3) is 0 Å². The number of likely N-dealkylation sites (tertiary alicyclic amines) is 4. The van der Waals surface area contributed by atoms with Crippen LogP contribution in [0.3, 0.4) is 0 Å². The molecule has 57 heavy (non-hydrogen) atoms. The maximum atomic E-state index is 12.6. The summed E-state index contributed by atoms with van der Waals surface area (Å²) >= 11 is 0. The summed E-state index contributed by atoms with van der Waals surface area (Å²) in [5.41, 5.74) is 5.50. The van der Waals surface area contributed by atoms with Gasteiger partial charge in [0.15, 0.2) is 0 Å². The first-order valence-corrected chi connectivity index (χ1v) is 22.4. The second-order valence-corrected chi connectivity index (χ2v) is 20.8. The lowest BCUT2D eigenvalue weighted by molar-refractivity contribution is 0.0190. The quantitative estimate of drug-likeness (QED) is 0.284. The highest BCUT2D eigenvalue weighted by molar-refractivity contribution is 5.78. The van der Waals surface area contributed by atoms with Crippen LogP contribution in [0.5, 0.6) is 0 Å². The first-order chi connectivity index (χ1) is 26.3. The number of nitrogens with one attached hydrogen (secondary N) is 2. The third-order valence-electron chi connectivity index (χ3n) is 14.0. The number of amides is 4. The molecule has 2 saturated carbocycles. The molecule has 5 heterocycles. The van der Waals surface area contributed by atoms with Gasteiger partial charge in [0.05, 0.1) is 12.1 Å². The molecule has 4 amide bonds. The van der Waals surface area contributed by atoms with Crippen molar-refractivity contribution in [2.24, 2.45) is 5.73 Å². The predicted octanol–water partition coefficient (Wildman–Crippen LogP) is 6.53. The van der Waals surface area contributed by atoms with Gasteiger partial charge in [0.1, 0.15) is 11.2 Å². The molecule has 13 nitrogen and oxygen atoms in total. The molecule has 2 unspecified atom stereocenters. The van der Waals surface area contributed by atoms with Crippen molar-refractivity contribution in [2.75, 3.05) is 52.4 Å². The Morgan fingerprint density at radius 2 is 1.18 bits per heavy atom. The lowest BCUT2D eigenvalue weighted by Gasteiger charge is -2.45. The molecule has 7 fully saturated rings. The fourth-order valence-electron chi connectivity index (χ4n) is 10.7. The normalized spacial score (nSPS) is 33.6. The second kappa shape index (κ2) is 18.5. The van der Waals surface area contributed by atoms with Gasteiger partial charge in [-0.25, -0.2) is 14.4 Å². The second-order valence-electron chi connectivity index (χ2n) is 20.8. The zero-order valence-corrected chi connectivity index (χ0v) is 36.4. The molecule has 6 atom stereocenters. The Kier molecular flexibility index (Phi) is 14.8. The number of hydrogen-bond acceptors (Lipinski definition) is 9.